The summed E-state index contributed by atoms with van der Waals surface area (Å²) in [6.07, 6.45) is 6.70. The number of allylic oxidation sites excluding steroid dienone is 2. The minimum atomic E-state index is 0.593. The Morgan fingerprint density at radius 3 is 2.95 bits per heavy atom. The molecule has 1 fully saturated rings. The summed E-state index contributed by atoms with van der Waals surface area (Å²) in [7, 11) is 0. The first-order valence-corrected chi connectivity index (χ1v) is 7.28. The SMILES string of the molecule is C/C=C/Cc1c(N)nc(N2CCOCC2)c2ncccc12. The Bertz CT molecular complexity index is 663. The van der Waals surface area contributed by atoms with E-state index >= 15 is 0 Å². The lowest BCUT2D eigenvalue weighted by atomic mass is 10.1. The zero-order chi connectivity index (χ0) is 14.7. The predicted octanol–water partition coefficient (Wildman–Crippen LogP) is 2.17. The van der Waals surface area contributed by atoms with Gasteiger partial charge in [-0.25, -0.2) is 4.98 Å². The number of morpholine rings is 1. The topological polar surface area (TPSA) is 64.3 Å². The summed E-state index contributed by atoms with van der Waals surface area (Å²) in [6.45, 7) is 5.09. The summed E-state index contributed by atoms with van der Waals surface area (Å²) in [5.41, 5.74) is 8.18. The zero-order valence-electron chi connectivity index (χ0n) is 12.2. The highest BCUT2D eigenvalue weighted by atomic mass is 16.5. The molecule has 1 aliphatic heterocycles. The fourth-order valence-electron chi connectivity index (χ4n) is 2.65. The molecule has 2 aromatic heterocycles. The maximum Gasteiger partial charge on any atom is 0.157 e. The third kappa shape index (κ3) is 2.69. The highest BCUT2D eigenvalue weighted by molar-refractivity contribution is 5.94. The number of rotatable bonds is 3. The van der Waals surface area contributed by atoms with Crippen LogP contribution in [0.15, 0.2) is 30.5 Å². The van der Waals surface area contributed by atoms with Crippen molar-refractivity contribution in [1.82, 2.24) is 9.97 Å². The standard InChI is InChI=1S/C16H20N4O/c1-2-3-5-13-12-6-4-7-18-14(12)16(19-15(13)17)20-8-10-21-11-9-20/h2-4,6-7H,5,8-11H2,1H3,(H2,17,19)/b3-2+. The van der Waals surface area contributed by atoms with Crippen LogP contribution in [0.5, 0.6) is 0 Å². The van der Waals surface area contributed by atoms with Crippen molar-refractivity contribution in [3.8, 4) is 0 Å². The van der Waals surface area contributed by atoms with Crippen LogP contribution in [0.4, 0.5) is 11.6 Å². The van der Waals surface area contributed by atoms with E-state index < -0.39 is 0 Å². The van der Waals surface area contributed by atoms with Gasteiger partial charge in [-0.2, -0.15) is 0 Å². The Morgan fingerprint density at radius 1 is 1.38 bits per heavy atom. The molecule has 1 aliphatic rings. The quantitative estimate of drug-likeness (QED) is 0.875. The number of pyridine rings is 2. The Kier molecular flexibility index (Phi) is 4.01. The van der Waals surface area contributed by atoms with Crippen LogP contribution >= 0.6 is 0 Å². The number of nitrogens with two attached hydrogens (primary N) is 1. The van der Waals surface area contributed by atoms with E-state index in [2.05, 4.69) is 27.0 Å². The third-order valence-electron chi connectivity index (χ3n) is 3.75. The highest BCUT2D eigenvalue weighted by Gasteiger charge is 2.19. The molecule has 0 unspecified atom stereocenters. The van der Waals surface area contributed by atoms with Crippen molar-refractivity contribution >= 4 is 22.5 Å². The number of nitrogen functional groups attached to an aromatic ring is 1. The lowest BCUT2D eigenvalue weighted by molar-refractivity contribution is 0.122. The van der Waals surface area contributed by atoms with Crippen molar-refractivity contribution in [2.45, 2.75) is 13.3 Å². The first kappa shape index (κ1) is 13.8. The monoisotopic (exact) mass is 284 g/mol. The fraction of sp³-hybridized carbons (Fsp3) is 0.375. The van der Waals surface area contributed by atoms with Gasteiger partial charge in [0.1, 0.15) is 11.3 Å². The molecule has 21 heavy (non-hydrogen) atoms. The number of nitrogens with zero attached hydrogens (tertiary/aromatic N) is 3. The van der Waals surface area contributed by atoms with E-state index in [1.165, 1.54) is 0 Å². The number of ether oxygens (including phenoxy) is 1. The number of aromatic nitrogens is 2. The molecule has 0 spiro atoms. The van der Waals surface area contributed by atoms with Gasteiger partial charge >= 0.3 is 0 Å². The minimum absolute atomic E-state index is 0.593. The molecule has 1 saturated heterocycles. The summed E-state index contributed by atoms with van der Waals surface area (Å²) in [5, 5.41) is 1.09. The van der Waals surface area contributed by atoms with E-state index in [0.29, 0.717) is 5.82 Å². The van der Waals surface area contributed by atoms with Crippen molar-refractivity contribution in [1.29, 1.82) is 0 Å². The summed E-state index contributed by atoms with van der Waals surface area (Å²) >= 11 is 0. The molecule has 2 aromatic rings. The molecule has 110 valence electrons. The van der Waals surface area contributed by atoms with E-state index in [1.54, 1.807) is 0 Å². The largest absolute Gasteiger partial charge is 0.383 e. The van der Waals surface area contributed by atoms with Crippen molar-refractivity contribution in [2.24, 2.45) is 0 Å². The zero-order valence-corrected chi connectivity index (χ0v) is 12.2. The highest BCUT2D eigenvalue weighted by Crippen LogP contribution is 2.30. The summed E-state index contributed by atoms with van der Waals surface area (Å²) in [5.74, 6) is 1.46. The lowest BCUT2D eigenvalue weighted by Crippen LogP contribution is -2.37. The van der Waals surface area contributed by atoms with Gasteiger partial charge in [0.15, 0.2) is 5.82 Å². The average Bonchev–Trinajstić information content (AvgIpc) is 2.54. The maximum atomic E-state index is 6.20. The van der Waals surface area contributed by atoms with Crippen molar-refractivity contribution in [2.75, 3.05) is 36.9 Å². The molecule has 5 nitrogen and oxygen atoms in total. The molecular formula is C16H20N4O. The Balaban J connectivity index is 2.13. The third-order valence-corrected chi connectivity index (χ3v) is 3.75. The van der Waals surface area contributed by atoms with Gasteiger partial charge in [-0.3, -0.25) is 4.98 Å². The van der Waals surface area contributed by atoms with Crippen LogP contribution in [-0.4, -0.2) is 36.3 Å². The number of fused-ring (bicyclic) bond motifs is 1. The average molecular weight is 284 g/mol. The van der Waals surface area contributed by atoms with Crippen LogP contribution in [-0.2, 0) is 11.2 Å². The molecule has 5 heteroatoms. The summed E-state index contributed by atoms with van der Waals surface area (Å²) < 4.78 is 5.41. The second-order valence-electron chi connectivity index (χ2n) is 5.07. The molecule has 3 heterocycles. The Hall–Kier alpha value is -2.14. The van der Waals surface area contributed by atoms with Gasteiger partial charge in [-0.1, -0.05) is 18.2 Å². The van der Waals surface area contributed by atoms with Crippen LogP contribution in [0.2, 0.25) is 0 Å². The van der Waals surface area contributed by atoms with Gasteiger partial charge < -0.3 is 15.4 Å². The first-order valence-electron chi connectivity index (χ1n) is 7.28. The van der Waals surface area contributed by atoms with Crippen molar-refractivity contribution < 1.29 is 4.74 Å². The van der Waals surface area contributed by atoms with E-state index in [9.17, 15) is 0 Å². The van der Waals surface area contributed by atoms with Gasteiger partial charge in [0.25, 0.3) is 0 Å². The van der Waals surface area contributed by atoms with Crippen molar-refractivity contribution in [3.05, 3.63) is 36.0 Å². The van der Waals surface area contributed by atoms with Gasteiger partial charge in [-0.05, 0) is 19.4 Å². The molecule has 0 radical (unpaired) electrons. The van der Waals surface area contributed by atoms with Crippen LogP contribution in [0, 0.1) is 0 Å². The van der Waals surface area contributed by atoms with E-state index in [1.807, 2.05) is 25.3 Å². The summed E-state index contributed by atoms with van der Waals surface area (Å²) in [4.78, 5) is 11.4. The smallest absolute Gasteiger partial charge is 0.157 e. The van der Waals surface area contributed by atoms with Crippen molar-refractivity contribution in [3.63, 3.8) is 0 Å². The molecule has 2 N–H and O–H groups in total. The second kappa shape index (κ2) is 6.10. The molecule has 0 saturated carbocycles. The lowest BCUT2D eigenvalue weighted by Gasteiger charge is -2.29. The second-order valence-corrected chi connectivity index (χ2v) is 5.07. The van der Waals surface area contributed by atoms with E-state index in [-0.39, 0.29) is 0 Å². The fourth-order valence-corrected chi connectivity index (χ4v) is 2.65. The van der Waals surface area contributed by atoms with Crippen LogP contribution in [0.25, 0.3) is 10.9 Å². The van der Waals surface area contributed by atoms with Crippen LogP contribution < -0.4 is 10.6 Å². The Labute approximate surface area is 124 Å². The van der Waals surface area contributed by atoms with E-state index in [4.69, 9.17) is 10.5 Å². The number of hydrogen-bond donors (Lipinski definition) is 1. The van der Waals surface area contributed by atoms with Gasteiger partial charge in [-0.15, -0.1) is 0 Å². The minimum Gasteiger partial charge on any atom is -0.383 e. The van der Waals surface area contributed by atoms with Crippen LogP contribution in [0.1, 0.15) is 12.5 Å². The predicted molar refractivity (Wildman–Crippen MR) is 85.5 cm³/mol. The Morgan fingerprint density at radius 2 is 2.19 bits per heavy atom. The number of anilines is 2. The van der Waals surface area contributed by atoms with Gasteiger partial charge in [0.2, 0.25) is 0 Å². The molecular weight excluding hydrogens is 264 g/mol. The molecule has 0 atom stereocenters. The molecule has 3 rings (SSSR count). The molecule has 0 aromatic carbocycles. The first-order chi connectivity index (χ1) is 10.3. The summed E-state index contributed by atoms with van der Waals surface area (Å²) in [6, 6.07) is 4.02. The number of hydrogen-bond acceptors (Lipinski definition) is 5. The van der Waals surface area contributed by atoms with Gasteiger partial charge in [0.05, 0.1) is 13.2 Å². The van der Waals surface area contributed by atoms with Gasteiger partial charge in [0, 0.05) is 30.2 Å². The normalized spacial score (nSPS) is 16.0. The maximum absolute atomic E-state index is 6.20. The molecule has 0 amide bonds. The molecule has 0 bridgehead atoms. The molecule has 0 aliphatic carbocycles. The van der Waals surface area contributed by atoms with E-state index in [0.717, 1.165) is 55.0 Å². The van der Waals surface area contributed by atoms with Crippen LogP contribution in [0.3, 0.4) is 0 Å².